The molecule has 174 valence electrons. The normalized spacial score (nSPS) is 15.8. The number of hydrogen-bond donors (Lipinski definition) is 2. The van der Waals surface area contributed by atoms with Crippen molar-refractivity contribution in [1.82, 2.24) is 10.6 Å². The Bertz CT molecular complexity index is 887. The average molecular weight is 553 g/mol. The first-order valence-electron chi connectivity index (χ1n) is 11.0. The van der Waals surface area contributed by atoms with Crippen LogP contribution >= 0.6 is 24.0 Å². The molecular weight excluding hydrogens is 521 g/mol. The summed E-state index contributed by atoms with van der Waals surface area (Å²) >= 11 is 0. The highest BCUT2D eigenvalue weighted by atomic mass is 127. The molecule has 0 amide bonds. The largest absolute Gasteiger partial charge is 0.454 e. The van der Waals surface area contributed by atoms with Crippen LogP contribution in [0.25, 0.3) is 0 Å². The molecule has 2 N–H and O–H groups in total. The first-order chi connectivity index (χ1) is 15.3. The SMILES string of the molecule is CCNC(=NCc1cccc(COC2CCOCC2)c1)NCc1ccc2c(c1)OCO2.I. The van der Waals surface area contributed by atoms with E-state index in [4.69, 9.17) is 23.9 Å². The van der Waals surface area contributed by atoms with Gasteiger partial charge in [-0.3, -0.25) is 0 Å². The van der Waals surface area contributed by atoms with Crippen molar-refractivity contribution in [2.75, 3.05) is 26.6 Å². The fraction of sp³-hybridized carbons (Fsp3) is 0.458. The Morgan fingerprint density at radius 1 is 1.00 bits per heavy atom. The van der Waals surface area contributed by atoms with E-state index in [-0.39, 0.29) is 30.8 Å². The van der Waals surface area contributed by atoms with E-state index in [1.165, 1.54) is 5.56 Å². The van der Waals surface area contributed by atoms with Crippen molar-refractivity contribution < 1.29 is 18.9 Å². The molecule has 0 atom stereocenters. The molecule has 2 aromatic carbocycles. The van der Waals surface area contributed by atoms with Crippen LogP contribution < -0.4 is 20.1 Å². The molecule has 4 rings (SSSR count). The van der Waals surface area contributed by atoms with Crippen LogP contribution in [-0.2, 0) is 29.2 Å². The standard InChI is InChI=1S/C24H31N3O4.HI/c1-2-25-24(27-15-19-6-7-22-23(13-19)31-17-30-22)26-14-18-4-3-5-20(12-18)16-29-21-8-10-28-11-9-21;/h3-7,12-13,21H,2,8-11,14-17H2,1H3,(H2,25,26,27);1H. The topological polar surface area (TPSA) is 73.3 Å². The van der Waals surface area contributed by atoms with Crippen LogP contribution in [0.4, 0.5) is 0 Å². The summed E-state index contributed by atoms with van der Waals surface area (Å²) in [5.74, 6) is 2.37. The number of rotatable bonds is 8. The summed E-state index contributed by atoms with van der Waals surface area (Å²) in [5, 5.41) is 6.69. The molecule has 0 radical (unpaired) electrons. The van der Waals surface area contributed by atoms with Gasteiger partial charge in [0.25, 0.3) is 0 Å². The molecule has 7 nitrogen and oxygen atoms in total. The van der Waals surface area contributed by atoms with Crippen LogP contribution in [0.1, 0.15) is 36.5 Å². The lowest BCUT2D eigenvalue weighted by Crippen LogP contribution is -2.36. The molecule has 2 aliphatic heterocycles. The third kappa shape index (κ3) is 7.25. The molecule has 1 fully saturated rings. The van der Waals surface area contributed by atoms with E-state index in [0.29, 0.717) is 25.8 Å². The van der Waals surface area contributed by atoms with E-state index >= 15 is 0 Å². The minimum absolute atomic E-state index is 0. The second kappa shape index (κ2) is 12.9. The summed E-state index contributed by atoms with van der Waals surface area (Å²) in [5.41, 5.74) is 3.45. The molecule has 0 aliphatic carbocycles. The summed E-state index contributed by atoms with van der Waals surface area (Å²) in [6.45, 7) is 6.62. The number of nitrogens with one attached hydrogen (secondary N) is 2. The number of hydrogen-bond acceptors (Lipinski definition) is 5. The number of aliphatic imine (C=N–C) groups is 1. The number of guanidine groups is 1. The highest BCUT2D eigenvalue weighted by Gasteiger charge is 2.14. The van der Waals surface area contributed by atoms with Gasteiger partial charge in [-0.2, -0.15) is 0 Å². The monoisotopic (exact) mass is 553 g/mol. The van der Waals surface area contributed by atoms with Gasteiger partial charge in [0.2, 0.25) is 6.79 Å². The second-order valence-corrected chi connectivity index (χ2v) is 7.68. The van der Waals surface area contributed by atoms with Crippen LogP contribution in [0, 0.1) is 0 Å². The Labute approximate surface area is 206 Å². The Hall–Kier alpha value is -2.04. The molecule has 2 aromatic rings. The fourth-order valence-electron chi connectivity index (χ4n) is 3.62. The van der Waals surface area contributed by atoms with Gasteiger partial charge in [0, 0.05) is 26.3 Å². The summed E-state index contributed by atoms with van der Waals surface area (Å²) < 4.78 is 22.3. The predicted molar refractivity (Wildman–Crippen MR) is 135 cm³/mol. The Morgan fingerprint density at radius 3 is 2.66 bits per heavy atom. The third-order valence-electron chi connectivity index (χ3n) is 5.31. The van der Waals surface area contributed by atoms with Gasteiger partial charge >= 0.3 is 0 Å². The van der Waals surface area contributed by atoms with E-state index < -0.39 is 0 Å². The van der Waals surface area contributed by atoms with Gasteiger partial charge in [-0.25, -0.2) is 4.99 Å². The molecule has 0 spiro atoms. The lowest BCUT2D eigenvalue weighted by Gasteiger charge is -2.22. The number of halogens is 1. The molecule has 2 aliphatic rings. The average Bonchev–Trinajstić information content (AvgIpc) is 3.28. The highest BCUT2D eigenvalue weighted by Crippen LogP contribution is 2.32. The van der Waals surface area contributed by atoms with Crippen molar-refractivity contribution in [3.63, 3.8) is 0 Å². The number of benzene rings is 2. The predicted octanol–water partition coefficient (Wildman–Crippen LogP) is 3.98. The molecule has 8 heteroatoms. The maximum absolute atomic E-state index is 6.05. The van der Waals surface area contributed by atoms with Crippen LogP contribution in [-0.4, -0.2) is 38.6 Å². The second-order valence-electron chi connectivity index (χ2n) is 7.68. The molecular formula is C24H32IN3O4. The smallest absolute Gasteiger partial charge is 0.231 e. The molecule has 0 saturated carbocycles. The zero-order valence-corrected chi connectivity index (χ0v) is 20.8. The summed E-state index contributed by atoms with van der Waals surface area (Å²) in [6, 6.07) is 14.4. The van der Waals surface area contributed by atoms with Gasteiger partial charge in [-0.1, -0.05) is 30.3 Å². The Kier molecular flexibility index (Phi) is 9.89. The number of nitrogens with zero attached hydrogens (tertiary/aromatic N) is 1. The maximum Gasteiger partial charge on any atom is 0.231 e. The lowest BCUT2D eigenvalue weighted by atomic mass is 10.1. The van der Waals surface area contributed by atoms with Crippen LogP contribution in [0.5, 0.6) is 11.5 Å². The van der Waals surface area contributed by atoms with Gasteiger partial charge in [0.15, 0.2) is 17.5 Å². The first kappa shape index (κ1) is 24.6. The van der Waals surface area contributed by atoms with Crippen LogP contribution in [0.15, 0.2) is 47.5 Å². The third-order valence-corrected chi connectivity index (χ3v) is 5.31. The van der Waals surface area contributed by atoms with Gasteiger partial charge in [-0.15, -0.1) is 24.0 Å². The highest BCUT2D eigenvalue weighted by molar-refractivity contribution is 14.0. The van der Waals surface area contributed by atoms with E-state index in [2.05, 4.69) is 41.8 Å². The lowest BCUT2D eigenvalue weighted by molar-refractivity contribution is -0.0390. The minimum atomic E-state index is 0. The van der Waals surface area contributed by atoms with Crippen molar-refractivity contribution in [3.8, 4) is 11.5 Å². The summed E-state index contributed by atoms with van der Waals surface area (Å²) in [7, 11) is 0. The summed E-state index contributed by atoms with van der Waals surface area (Å²) in [6.07, 6.45) is 2.26. The van der Waals surface area contributed by atoms with E-state index in [0.717, 1.165) is 61.2 Å². The molecule has 0 bridgehead atoms. The molecule has 32 heavy (non-hydrogen) atoms. The van der Waals surface area contributed by atoms with Gasteiger partial charge < -0.3 is 29.6 Å². The van der Waals surface area contributed by atoms with Gasteiger partial charge in [0.1, 0.15) is 0 Å². The van der Waals surface area contributed by atoms with E-state index in [1.807, 2.05) is 18.2 Å². The zero-order chi connectivity index (χ0) is 21.3. The molecule has 1 saturated heterocycles. The van der Waals surface area contributed by atoms with E-state index in [9.17, 15) is 0 Å². The fourth-order valence-corrected chi connectivity index (χ4v) is 3.62. The van der Waals surface area contributed by atoms with Gasteiger partial charge in [0.05, 0.1) is 19.3 Å². The maximum atomic E-state index is 6.05. The Morgan fingerprint density at radius 2 is 1.81 bits per heavy atom. The summed E-state index contributed by atoms with van der Waals surface area (Å²) in [4.78, 5) is 4.74. The van der Waals surface area contributed by atoms with Crippen molar-refractivity contribution >= 4 is 29.9 Å². The zero-order valence-electron chi connectivity index (χ0n) is 18.5. The number of ether oxygens (including phenoxy) is 4. The molecule has 0 aromatic heterocycles. The van der Waals surface area contributed by atoms with Gasteiger partial charge in [-0.05, 0) is 48.6 Å². The van der Waals surface area contributed by atoms with Crippen LogP contribution in [0.2, 0.25) is 0 Å². The minimum Gasteiger partial charge on any atom is -0.454 e. The van der Waals surface area contributed by atoms with Crippen molar-refractivity contribution in [1.29, 1.82) is 0 Å². The van der Waals surface area contributed by atoms with Crippen molar-refractivity contribution in [2.45, 2.75) is 45.6 Å². The Balaban J connectivity index is 0.00000289. The molecule has 2 heterocycles. The van der Waals surface area contributed by atoms with E-state index in [1.54, 1.807) is 0 Å². The van der Waals surface area contributed by atoms with Crippen LogP contribution in [0.3, 0.4) is 0 Å². The number of fused-ring (bicyclic) bond motifs is 1. The first-order valence-corrected chi connectivity index (χ1v) is 11.0. The molecule has 0 unspecified atom stereocenters. The van der Waals surface area contributed by atoms with Crippen molar-refractivity contribution in [2.24, 2.45) is 4.99 Å². The quantitative estimate of drug-likeness (QED) is 0.293. The van der Waals surface area contributed by atoms with Crippen molar-refractivity contribution in [3.05, 3.63) is 59.2 Å².